The van der Waals surface area contributed by atoms with Crippen molar-refractivity contribution in [3.63, 3.8) is 0 Å². The van der Waals surface area contributed by atoms with Gasteiger partial charge in [0.25, 0.3) is 0 Å². The number of sulfonamides is 1. The fourth-order valence-corrected chi connectivity index (χ4v) is 4.30. The summed E-state index contributed by atoms with van der Waals surface area (Å²) in [7, 11) is -3.67. The van der Waals surface area contributed by atoms with Crippen LogP contribution in [-0.2, 0) is 19.6 Å². The number of nitrogens with zero attached hydrogens (tertiary/aromatic N) is 2. The van der Waals surface area contributed by atoms with Gasteiger partial charge in [-0.1, -0.05) is 0 Å². The zero-order valence-corrected chi connectivity index (χ0v) is 13.6. The largest absolute Gasteiger partial charge is 0.466 e. The molecule has 1 unspecified atom stereocenters. The Labute approximate surface area is 134 Å². The molecule has 0 amide bonds. The maximum Gasteiger partial charge on any atom is 0.310 e. The second kappa shape index (κ2) is 6.29. The molecule has 1 saturated heterocycles. The van der Waals surface area contributed by atoms with Crippen LogP contribution in [0.2, 0.25) is 0 Å². The lowest BCUT2D eigenvalue weighted by Gasteiger charge is -2.30. The SMILES string of the molecule is CCOC(=O)C1CCCN(S(=O)(=O)c2ccc3ncoc3c2)C1. The summed E-state index contributed by atoms with van der Waals surface area (Å²) in [5.41, 5.74) is 1.03. The number of hydrogen-bond acceptors (Lipinski definition) is 6. The molecule has 3 rings (SSSR count). The van der Waals surface area contributed by atoms with Gasteiger partial charge in [-0.15, -0.1) is 0 Å². The van der Waals surface area contributed by atoms with Crippen LogP contribution in [0.1, 0.15) is 19.8 Å². The topological polar surface area (TPSA) is 89.7 Å². The van der Waals surface area contributed by atoms with Crippen LogP contribution in [0.25, 0.3) is 11.1 Å². The van der Waals surface area contributed by atoms with Crippen molar-refractivity contribution >= 4 is 27.1 Å². The van der Waals surface area contributed by atoms with Gasteiger partial charge in [0, 0.05) is 19.2 Å². The smallest absolute Gasteiger partial charge is 0.310 e. The molecule has 0 N–H and O–H groups in total. The van der Waals surface area contributed by atoms with E-state index in [0.717, 1.165) is 0 Å². The van der Waals surface area contributed by atoms with E-state index in [4.69, 9.17) is 9.15 Å². The summed E-state index contributed by atoms with van der Waals surface area (Å²) in [6.07, 6.45) is 2.55. The lowest BCUT2D eigenvalue weighted by atomic mass is 10.0. The first-order chi connectivity index (χ1) is 11.0. The molecule has 0 aliphatic carbocycles. The second-order valence-electron chi connectivity index (χ2n) is 5.44. The summed E-state index contributed by atoms with van der Waals surface area (Å²) in [6, 6.07) is 4.58. The monoisotopic (exact) mass is 338 g/mol. The van der Waals surface area contributed by atoms with Gasteiger partial charge >= 0.3 is 5.97 Å². The third-order valence-electron chi connectivity index (χ3n) is 3.94. The third-order valence-corrected chi connectivity index (χ3v) is 5.81. The number of rotatable bonds is 4. The predicted molar refractivity (Wildman–Crippen MR) is 82.1 cm³/mol. The van der Waals surface area contributed by atoms with Gasteiger partial charge < -0.3 is 9.15 Å². The van der Waals surface area contributed by atoms with E-state index in [-0.39, 0.29) is 17.4 Å². The van der Waals surface area contributed by atoms with E-state index in [9.17, 15) is 13.2 Å². The molecule has 1 aliphatic heterocycles. The Kier molecular flexibility index (Phi) is 4.36. The summed E-state index contributed by atoms with van der Waals surface area (Å²) in [6.45, 7) is 2.58. The van der Waals surface area contributed by atoms with E-state index in [2.05, 4.69) is 4.98 Å². The standard InChI is InChI=1S/C15H18N2O5S/c1-2-21-15(18)11-4-3-7-17(9-11)23(19,20)12-5-6-13-14(8-12)22-10-16-13/h5-6,8,10-11H,2-4,7,9H2,1H3. The highest BCUT2D eigenvalue weighted by Gasteiger charge is 2.34. The summed E-state index contributed by atoms with van der Waals surface area (Å²) < 4.78 is 37.1. The zero-order valence-electron chi connectivity index (χ0n) is 12.8. The molecule has 1 aliphatic rings. The van der Waals surface area contributed by atoms with Gasteiger partial charge in [-0.2, -0.15) is 4.31 Å². The van der Waals surface area contributed by atoms with Gasteiger partial charge in [-0.3, -0.25) is 4.79 Å². The summed E-state index contributed by atoms with van der Waals surface area (Å²) in [4.78, 5) is 16.0. The van der Waals surface area contributed by atoms with E-state index in [1.165, 1.54) is 22.8 Å². The second-order valence-corrected chi connectivity index (χ2v) is 7.37. The highest BCUT2D eigenvalue weighted by Crippen LogP contribution is 2.26. The minimum atomic E-state index is -3.67. The van der Waals surface area contributed by atoms with Crippen LogP contribution in [0.5, 0.6) is 0 Å². The van der Waals surface area contributed by atoms with Crippen LogP contribution >= 0.6 is 0 Å². The Morgan fingerprint density at radius 3 is 3.09 bits per heavy atom. The molecule has 1 aromatic carbocycles. The average molecular weight is 338 g/mol. The fraction of sp³-hybridized carbons (Fsp3) is 0.467. The first kappa shape index (κ1) is 15.9. The molecule has 0 spiro atoms. The fourth-order valence-electron chi connectivity index (χ4n) is 2.76. The van der Waals surface area contributed by atoms with Gasteiger partial charge in [-0.25, -0.2) is 13.4 Å². The number of fused-ring (bicyclic) bond motifs is 1. The number of hydrogen-bond donors (Lipinski definition) is 0. The molecular formula is C15H18N2O5S. The number of ether oxygens (including phenoxy) is 1. The van der Waals surface area contributed by atoms with Crippen LogP contribution < -0.4 is 0 Å². The minimum absolute atomic E-state index is 0.145. The van der Waals surface area contributed by atoms with E-state index in [1.54, 1.807) is 13.0 Å². The molecule has 0 radical (unpaired) electrons. The number of carbonyl (C=O) groups excluding carboxylic acids is 1. The van der Waals surface area contributed by atoms with Crippen LogP contribution in [0.3, 0.4) is 0 Å². The highest BCUT2D eigenvalue weighted by atomic mass is 32.2. The quantitative estimate of drug-likeness (QED) is 0.790. The lowest BCUT2D eigenvalue weighted by Crippen LogP contribution is -2.42. The molecule has 2 heterocycles. The highest BCUT2D eigenvalue weighted by molar-refractivity contribution is 7.89. The predicted octanol–water partition coefficient (Wildman–Crippen LogP) is 1.79. The van der Waals surface area contributed by atoms with Crippen molar-refractivity contribution in [3.8, 4) is 0 Å². The van der Waals surface area contributed by atoms with Crippen molar-refractivity contribution in [1.29, 1.82) is 0 Å². The first-order valence-electron chi connectivity index (χ1n) is 7.52. The van der Waals surface area contributed by atoms with Crippen molar-refractivity contribution in [2.45, 2.75) is 24.7 Å². The normalized spacial score (nSPS) is 19.8. The average Bonchev–Trinajstić information content (AvgIpc) is 3.03. The summed E-state index contributed by atoms with van der Waals surface area (Å²) >= 11 is 0. The van der Waals surface area contributed by atoms with Gasteiger partial charge in [0.15, 0.2) is 12.0 Å². The van der Waals surface area contributed by atoms with Crippen molar-refractivity contribution in [2.24, 2.45) is 5.92 Å². The van der Waals surface area contributed by atoms with Crippen LogP contribution in [-0.4, -0.2) is 43.4 Å². The molecule has 7 nitrogen and oxygen atoms in total. The van der Waals surface area contributed by atoms with Crippen LogP contribution in [0.15, 0.2) is 33.9 Å². The van der Waals surface area contributed by atoms with Gasteiger partial charge in [0.1, 0.15) is 5.52 Å². The van der Waals surface area contributed by atoms with Crippen molar-refractivity contribution in [2.75, 3.05) is 19.7 Å². The summed E-state index contributed by atoms with van der Waals surface area (Å²) in [5.74, 6) is -0.745. The molecular weight excluding hydrogens is 320 g/mol. The number of oxazole rings is 1. The van der Waals surface area contributed by atoms with Gasteiger partial charge in [-0.05, 0) is 31.9 Å². The Morgan fingerprint density at radius 1 is 1.48 bits per heavy atom. The van der Waals surface area contributed by atoms with Crippen molar-refractivity contribution in [3.05, 3.63) is 24.6 Å². The Hall–Kier alpha value is -1.93. The summed E-state index contributed by atoms with van der Waals surface area (Å²) in [5, 5.41) is 0. The lowest BCUT2D eigenvalue weighted by molar-refractivity contribution is -0.149. The number of benzene rings is 1. The molecule has 1 atom stereocenters. The van der Waals surface area contributed by atoms with Crippen LogP contribution in [0.4, 0.5) is 0 Å². The van der Waals surface area contributed by atoms with E-state index in [1.807, 2.05) is 0 Å². The molecule has 0 saturated carbocycles. The molecule has 0 bridgehead atoms. The number of piperidine rings is 1. The van der Waals surface area contributed by atoms with E-state index < -0.39 is 15.9 Å². The number of esters is 1. The Balaban J connectivity index is 1.84. The van der Waals surface area contributed by atoms with Gasteiger partial charge in [0.05, 0.1) is 17.4 Å². The molecule has 23 heavy (non-hydrogen) atoms. The van der Waals surface area contributed by atoms with Crippen LogP contribution in [0, 0.1) is 5.92 Å². The first-order valence-corrected chi connectivity index (χ1v) is 8.96. The number of aromatic nitrogens is 1. The molecule has 1 fully saturated rings. The van der Waals surface area contributed by atoms with Crippen molar-refractivity contribution in [1.82, 2.24) is 9.29 Å². The molecule has 124 valence electrons. The Bertz CT molecular complexity index is 814. The zero-order chi connectivity index (χ0) is 16.4. The Morgan fingerprint density at radius 2 is 2.30 bits per heavy atom. The molecule has 8 heteroatoms. The van der Waals surface area contributed by atoms with Crippen molar-refractivity contribution < 1.29 is 22.4 Å². The van der Waals surface area contributed by atoms with E-state index >= 15 is 0 Å². The molecule has 2 aromatic rings. The van der Waals surface area contributed by atoms with Gasteiger partial charge in [0.2, 0.25) is 10.0 Å². The number of carbonyl (C=O) groups is 1. The maximum absolute atomic E-state index is 12.8. The minimum Gasteiger partial charge on any atom is -0.466 e. The molecule has 1 aromatic heterocycles. The maximum atomic E-state index is 12.8. The van der Waals surface area contributed by atoms with E-state index in [0.29, 0.717) is 37.1 Å². The third kappa shape index (κ3) is 3.09.